The Bertz CT molecular complexity index is 1130. The number of nitrogens with zero attached hydrogens (tertiary/aromatic N) is 3. The summed E-state index contributed by atoms with van der Waals surface area (Å²) >= 11 is 0. The molecule has 3 rings (SSSR count). The lowest BCUT2D eigenvalue weighted by Crippen LogP contribution is -2.30. The number of nitrogens with one attached hydrogen (secondary N) is 2. The Labute approximate surface area is 174 Å². The molecule has 0 unspecified atom stereocenters. The number of amides is 1. The molecule has 1 amide bonds. The van der Waals surface area contributed by atoms with E-state index in [0.29, 0.717) is 34.6 Å². The summed E-state index contributed by atoms with van der Waals surface area (Å²) in [7, 11) is 0. The first-order valence-electron chi connectivity index (χ1n) is 9.60. The van der Waals surface area contributed by atoms with Crippen molar-refractivity contribution in [2.24, 2.45) is 5.73 Å². The zero-order valence-corrected chi connectivity index (χ0v) is 17.3. The summed E-state index contributed by atoms with van der Waals surface area (Å²) in [6.07, 6.45) is 3.73. The minimum Gasteiger partial charge on any atom is -0.396 e. The Morgan fingerprint density at radius 3 is 2.67 bits per heavy atom. The highest BCUT2D eigenvalue weighted by Gasteiger charge is 2.18. The van der Waals surface area contributed by atoms with Crippen LogP contribution in [0.15, 0.2) is 41.5 Å². The molecule has 5 N–H and O–H groups in total. The number of carbonyl (C=O) groups excluding carboxylic acids is 1. The van der Waals surface area contributed by atoms with Crippen LogP contribution in [0.1, 0.15) is 26.3 Å². The molecule has 0 aliphatic rings. The average molecular weight is 410 g/mol. The van der Waals surface area contributed by atoms with Crippen molar-refractivity contribution in [2.45, 2.75) is 39.3 Å². The Hall–Kier alpha value is -3.46. The van der Waals surface area contributed by atoms with E-state index in [9.17, 15) is 9.59 Å². The number of aliphatic hydroxyl groups excluding tert-OH is 1. The van der Waals surface area contributed by atoms with Crippen molar-refractivity contribution < 1.29 is 9.90 Å². The molecule has 0 aliphatic heterocycles. The Morgan fingerprint density at radius 2 is 2.00 bits per heavy atom. The highest BCUT2D eigenvalue weighted by atomic mass is 16.3. The molecule has 0 bridgehead atoms. The molecular weight excluding hydrogens is 384 g/mol. The molecule has 9 nitrogen and oxygen atoms in total. The predicted octanol–water partition coefficient (Wildman–Crippen LogP) is 1.77. The van der Waals surface area contributed by atoms with Crippen molar-refractivity contribution in [1.29, 1.82) is 0 Å². The maximum absolute atomic E-state index is 13.0. The fraction of sp³-hybridized carbons (Fsp3) is 0.333. The summed E-state index contributed by atoms with van der Waals surface area (Å²) in [5.74, 6) is 0.895. The largest absolute Gasteiger partial charge is 0.396 e. The van der Waals surface area contributed by atoms with Crippen LogP contribution < -0.4 is 21.9 Å². The Balaban J connectivity index is 2.10. The van der Waals surface area contributed by atoms with Crippen LogP contribution in [0.3, 0.4) is 0 Å². The number of nitrogens with two attached hydrogens (primary N) is 1. The molecule has 3 aromatic rings. The molecule has 0 fully saturated rings. The zero-order chi connectivity index (χ0) is 21.9. The molecule has 0 spiro atoms. The van der Waals surface area contributed by atoms with E-state index in [4.69, 9.17) is 10.8 Å². The van der Waals surface area contributed by atoms with Gasteiger partial charge in [-0.3, -0.25) is 9.59 Å². The van der Waals surface area contributed by atoms with E-state index in [2.05, 4.69) is 20.6 Å². The normalized spacial score (nSPS) is 11.5. The second-order valence-electron chi connectivity index (χ2n) is 8.06. The van der Waals surface area contributed by atoms with Crippen molar-refractivity contribution in [3.05, 3.63) is 52.6 Å². The van der Waals surface area contributed by atoms with Crippen LogP contribution in [-0.2, 0) is 17.8 Å². The summed E-state index contributed by atoms with van der Waals surface area (Å²) in [5.41, 5.74) is 5.50. The number of pyridine rings is 3. The molecule has 9 heteroatoms. The highest BCUT2D eigenvalue weighted by Crippen LogP contribution is 2.26. The second-order valence-corrected chi connectivity index (χ2v) is 8.06. The first-order valence-corrected chi connectivity index (χ1v) is 9.60. The number of aliphatic hydroxyl groups is 1. The number of carbonyl (C=O) groups is 1. The van der Waals surface area contributed by atoms with E-state index in [1.807, 2.05) is 32.9 Å². The van der Waals surface area contributed by atoms with Gasteiger partial charge in [0.25, 0.3) is 5.56 Å². The van der Waals surface area contributed by atoms with Crippen LogP contribution in [0.5, 0.6) is 0 Å². The topological polar surface area (TPSA) is 135 Å². The first kappa shape index (κ1) is 21.3. The van der Waals surface area contributed by atoms with E-state index in [1.54, 1.807) is 24.5 Å². The summed E-state index contributed by atoms with van der Waals surface area (Å²) in [6.45, 7) is 5.74. The Morgan fingerprint density at radius 1 is 1.23 bits per heavy atom. The molecule has 3 heterocycles. The molecule has 0 atom stereocenters. The summed E-state index contributed by atoms with van der Waals surface area (Å²) in [5, 5.41) is 16.6. The van der Waals surface area contributed by atoms with Crippen LogP contribution in [0.25, 0.3) is 10.8 Å². The third kappa shape index (κ3) is 5.12. The van der Waals surface area contributed by atoms with Gasteiger partial charge in [-0.1, -0.05) is 0 Å². The lowest BCUT2D eigenvalue weighted by atomic mass is 10.1. The number of fused-ring (bicyclic) bond motifs is 1. The van der Waals surface area contributed by atoms with Crippen molar-refractivity contribution in [3.8, 4) is 0 Å². The Kier molecular flexibility index (Phi) is 6.02. The number of hydrogen-bond donors (Lipinski definition) is 4. The SMILES string of the molecule is CC(C)(C)Nc1nc(Nc2cc(CCO)ccn2)cc2ccn(CC(N)=O)c(=O)c12. The number of primary amides is 1. The van der Waals surface area contributed by atoms with E-state index in [-0.39, 0.29) is 24.2 Å². The van der Waals surface area contributed by atoms with Gasteiger partial charge in [-0.25, -0.2) is 9.97 Å². The van der Waals surface area contributed by atoms with Gasteiger partial charge < -0.3 is 26.0 Å². The van der Waals surface area contributed by atoms with Crippen LogP contribution >= 0.6 is 0 Å². The van der Waals surface area contributed by atoms with Crippen molar-refractivity contribution in [3.63, 3.8) is 0 Å². The number of anilines is 3. The minimum absolute atomic E-state index is 0.0505. The number of aromatic nitrogens is 3. The quantitative estimate of drug-likeness (QED) is 0.466. The van der Waals surface area contributed by atoms with Crippen LogP contribution in [0.4, 0.5) is 17.5 Å². The summed E-state index contributed by atoms with van der Waals surface area (Å²) in [6, 6.07) is 7.17. The third-order valence-electron chi connectivity index (χ3n) is 4.26. The van der Waals surface area contributed by atoms with Crippen molar-refractivity contribution in [1.82, 2.24) is 14.5 Å². The average Bonchev–Trinajstić information content (AvgIpc) is 2.63. The van der Waals surface area contributed by atoms with E-state index >= 15 is 0 Å². The standard InChI is InChI=1S/C21H26N6O3/c1-21(2,3)26-19-18-14(5-8-27(20(18)30)12-15(22)29)11-17(25-19)24-16-10-13(6-9-28)4-7-23-16/h4-5,7-8,10-11,28H,6,9,12H2,1-3H3,(H2,22,29)(H2,23,24,25,26). The van der Waals surface area contributed by atoms with Gasteiger partial charge in [-0.15, -0.1) is 0 Å². The maximum atomic E-state index is 13.0. The number of hydrogen-bond acceptors (Lipinski definition) is 7. The second kappa shape index (κ2) is 8.50. The number of rotatable bonds is 7. The van der Waals surface area contributed by atoms with Gasteiger partial charge >= 0.3 is 0 Å². The lowest BCUT2D eigenvalue weighted by Gasteiger charge is -2.23. The predicted molar refractivity (Wildman–Crippen MR) is 117 cm³/mol. The lowest BCUT2D eigenvalue weighted by molar-refractivity contribution is -0.118. The molecule has 3 aromatic heterocycles. The van der Waals surface area contributed by atoms with Crippen molar-refractivity contribution in [2.75, 3.05) is 17.2 Å². The molecule has 30 heavy (non-hydrogen) atoms. The van der Waals surface area contributed by atoms with Gasteiger partial charge in [0.15, 0.2) is 0 Å². The van der Waals surface area contributed by atoms with E-state index < -0.39 is 5.91 Å². The smallest absolute Gasteiger partial charge is 0.262 e. The van der Waals surface area contributed by atoms with Crippen LogP contribution in [0, 0.1) is 0 Å². The van der Waals surface area contributed by atoms with Gasteiger partial charge in [-0.05, 0) is 62.4 Å². The molecule has 158 valence electrons. The van der Waals surface area contributed by atoms with Gasteiger partial charge in [0.05, 0.1) is 5.39 Å². The van der Waals surface area contributed by atoms with Crippen LogP contribution in [-0.4, -0.2) is 37.7 Å². The molecule has 0 saturated carbocycles. The molecule has 0 saturated heterocycles. The molecule has 0 aromatic carbocycles. The molecular formula is C21H26N6O3. The monoisotopic (exact) mass is 410 g/mol. The van der Waals surface area contributed by atoms with Gasteiger partial charge in [0, 0.05) is 24.5 Å². The van der Waals surface area contributed by atoms with Gasteiger partial charge in [0.1, 0.15) is 24.0 Å². The van der Waals surface area contributed by atoms with E-state index in [1.165, 1.54) is 4.57 Å². The summed E-state index contributed by atoms with van der Waals surface area (Å²) in [4.78, 5) is 33.2. The summed E-state index contributed by atoms with van der Waals surface area (Å²) < 4.78 is 1.27. The third-order valence-corrected chi connectivity index (χ3v) is 4.26. The van der Waals surface area contributed by atoms with Gasteiger partial charge in [-0.2, -0.15) is 0 Å². The van der Waals surface area contributed by atoms with Gasteiger partial charge in [0.2, 0.25) is 5.91 Å². The minimum atomic E-state index is -0.595. The fourth-order valence-electron chi connectivity index (χ4n) is 3.06. The van der Waals surface area contributed by atoms with Crippen molar-refractivity contribution >= 4 is 34.1 Å². The van der Waals surface area contributed by atoms with E-state index in [0.717, 1.165) is 5.56 Å². The first-order chi connectivity index (χ1) is 14.2. The van der Waals surface area contributed by atoms with Crippen LogP contribution in [0.2, 0.25) is 0 Å². The fourth-order valence-corrected chi connectivity index (χ4v) is 3.06. The molecule has 0 aliphatic carbocycles. The highest BCUT2D eigenvalue weighted by molar-refractivity contribution is 5.93. The zero-order valence-electron chi connectivity index (χ0n) is 17.3. The molecule has 0 radical (unpaired) electrons. The maximum Gasteiger partial charge on any atom is 0.262 e.